The Morgan fingerprint density at radius 3 is 3.17 bits per heavy atom. The van der Waals surface area contributed by atoms with Crippen LogP contribution in [0.3, 0.4) is 0 Å². The van der Waals surface area contributed by atoms with Crippen molar-refractivity contribution in [3.8, 4) is 5.88 Å². The molecule has 1 aromatic heterocycles. The molecule has 0 spiro atoms. The van der Waals surface area contributed by atoms with Gasteiger partial charge in [0.1, 0.15) is 5.56 Å². The summed E-state index contributed by atoms with van der Waals surface area (Å²) < 4.78 is 5.13. The van der Waals surface area contributed by atoms with Gasteiger partial charge in [-0.3, -0.25) is 4.79 Å². The molecule has 18 heavy (non-hydrogen) atoms. The summed E-state index contributed by atoms with van der Waals surface area (Å²) in [6, 6.07) is 3.61. The molecule has 1 aromatic rings. The Hall–Kier alpha value is -1.29. The molecule has 1 amide bonds. The van der Waals surface area contributed by atoms with Crippen molar-refractivity contribution >= 4 is 17.5 Å². The number of carbonyl (C=O) groups excluding carboxylic acids is 1. The molecule has 5 heteroatoms. The Balaban J connectivity index is 2.24. The summed E-state index contributed by atoms with van der Waals surface area (Å²) in [4.78, 5) is 18.4. The van der Waals surface area contributed by atoms with Crippen LogP contribution in [0.1, 0.15) is 29.6 Å². The second kappa shape index (κ2) is 6.05. The predicted molar refractivity (Wildman–Crippen MR) is 70.2 cm³/mol. The minimum absolute atomic E-state index is 0.0368. The standard InChI is InChI=1S/C13H17ClN2O2/c1-18-12-11(6-4-7-15-12)13(17)16-8-3-2-5-10(16)9-14/h4,6-7,10H,2-3,5,8-9H2,1H3. The molecule has 0 aromatic carbocycles. The third-order valence-electron chi connectivity index (χ3n) is 3.26. The van der Waals surface area contributed by atoms with Crippen LogP contribution in [0.4, 0.5) is 0 Å². The highest BCUT2D eigenvalue weighted by Crippen LogP contribution is 2.23. The van der Waals surface area contributed by atoms with Gasteiger partial charge in [-0.2, -0.15) is 0 Å². The number of piperidine rings is 1. The summed E-state index contributed by atoms with van der Waals surface area (Å²) in [5, 5.41) is 0. The summed E-state index contributed by atoms with van der Waals surface area (Å²) >= 11 is 5.94. The lowest BCUT2D eigenvalue weighted by molar-refractivity contribution is 0.0635. The Morgan fingerprint density at radius 2 is 2.44 bits per heavy atom. The molecule has 0 N–H and O–H groups in total. The lowest BCUT2D eigenvalue weighted by Gasteiger charge is -2.34. The van der Waals surface area contributed by atoms with Crippen LogP contribution in [0, 0.1) is 0 Å². The van der Waals surface area contributed by atoms with Crippen molar-refractivity contribution < 1.29 is 9.53 Å². The number of halogens is 1. The summed E-state index contributed by atoms with van der Waals surface area (Å²) in [5.74, 6) is 0.820. The molecule has 1 unspecified atom stereocenters. The van der Waals surface area contributed by atoms with Gasteiger partial charge in [-0.25, -0.2) is 4.98 Å². The SMILES string of the molecule is COc1ncccc1C(=O)N1CCCCC1CCl. The number of amides is 1. The maximum atomic E-state index is 12.5. The average molecular weight is 269 g/mol. The van der Waals surface area contributed by atoms with Crippen molar-refractivity contribution in [2.45, 2.75) is 25.3 Å². The highest BCUT2D eigenvalue weighted by atomic mass is 35.5. The number of hydrogen-bond donors (Lipinski definition) is 0. The Labute approximate surface area is 112 Å². The van der Waals surface area contributed by atoms with Crippen LogP contribution < -0.4 is 4.74 Å². The average Bonchev–Trinajstić information content (AvgIpc) is 2.46. The number of alkyl halides is 1. The first kappa shape index (κ1) is 13.1. The zero-order valence-corrected chi connectivity index (χ0v) is 11.2. The van der Waals surface area contributed by atoms with E-state index in [2.05, 4.69) is 4.98 Å². The third-order valence-corrected chi connectivity index (χ3v) is 3.62. The lowest BCUT2D eigenvalue weighted by Crippen LogP contribution is -2.44. The molecule has 98 valence electrons. The van der Waals surface area contributed by atoms with E-state index in [4.69, 9.17) is 16.3 Å². The number of nitrogens with zero attached hydrogens (tertiary/aromatic N) is 2. The molecular weight excluding hydrogens is 252 g/mol. The Kier molecular flexibility index (Phi) is 4.42. The topological polar surface area (TPSA) is 42.4 Å². The van der Waals surface area contributed by atoms with E-state index in [1.54, 1.807) is 18.3 Å². The number of ether oxygens (including phenoxy) is 1. The van der Waals surface area contributed by atoms with E-state index < -0.39 is 0 Å². The number of rotatable bonds is 3. The number of likely N-dealkylation sites (tertiary alicyclic amines) is 1. The molecule has 0 bridgehead atoms. The molecule has 0 radical (unpaired) electrons. The van der Waals surface area contributed by atoms with E-state index in [0.29, 0.717) is 17.3 Å². The largest absolute Gasteiger partial charge is 0.480 e. The van der Waals surface area contributed by atoms with Gasteiger partial charge in [0, 0.05) is 24.7 Å². The van der Waals surface area contributed by atoms with Crippen molar-refractivity contribution in [1.29, 1.82) is 0 Å². The van der Waals surface area contributed by atoms with Crippen LogP contribution in [0.5, 0.6) is 5.88 Å². The normalized spacial score (nSPS) is 19.7. The fraction of sp³-hybridized carbons (Fsp3) is 0.538. The second-order valence-electron chi connectivity index (χ2n) is 4.36. The quantitative estimate of drug-likeness (QED) is 0.790. The Bertz CT molecular complexity index is 425. The van der Waals surface area contributed by atoms with E-state index >= 15 is 0 Å². The predicted octanol–water partition coefficient (Wildman–Crippen LogP) is 2.32. The molecular formula is C13H17ClN2O2. The molecule has 0 aliphatic carbocycles. The zero-order chi connectivity index (χ0) is 13.0. The molecule has 4 nitrogen and oxygen atoms in total. The van der Waals surface area contributed by atoms with E-state index in [9.17, 15) is 4.79 Å². The van der Waals surface area contributed by atoms with Gasteiger partial charge in [-0.1, -0.05) is 0 Å². The molecule has 1 atom stereocenters. The van der Waals surface area contributed by atoms with Crippen LogP contribution in [-0.4, -0.2) is 41.4 Å². The number of hydrogen-bond acceptors (Lipinski definition) is 3. The van der Waals surface area contributed by atoms with Crippen LogP contribution >= 0.6 is 11.6 Å². The minimum atomic E-state index is -0.0368. The fourth-order valence-electron chi connectivity index (χ4n) is 2.30. The summed E-state index contributed by atoms with van der Waals surface area (Å²) in [6.45, 7) is 0.758. The number of pyridine rings is 1. The first-order valence-electron chi connectivity index (χ1n) is 6.14. The van der Waals surface area contributed by atoms with E-state index in [1.165, 1.54) is 7.11 Å². The molecule has 1 fully saturated rings. The third kappa shape index (κ3) is 2.58. The molecule has 2 heterocycles. The Morgan fingerprint density at radius 1 is 1.61 bits per heavy atom. The van der Waals surface area contributed by atoms with Gasteiger partial charge in [-0.15, -0.1) is 11.6 Å². The van der Waals surface area contributed by atoms with Crippen molar-refractivity contribution in [3.05, 3.63) is 23.9 Å². The highest BCUT2D eigenvalue weighted by molar-refractivity contribution is 6.18. The van der Waals surface area contributed by atoms with Gasteiger partial charge in [0.25, 0.3) is 5.91 Å². The van der Waals surface area contributed by atoms with Gasteiger partial charge in [0.2, 0.25) is 5.88 Å². The lowest BCUT2D eigenvalue weighted by atomic mass is 10.0. The van der Waals surface area contributed by atoms with Crippen LogP contribution in [0.2, 0.25) is 0 Å². The van der Waals surface area contributed by atoms with E-state index in [1.807, 2.05) is 4.90 Å². The molecule has 2 rings (SSSR count). The molecule has 1 aliphatic heterocycles. The van der Waals surface area contributed by atoms with Crippen LogP contribution in [0.15, 0.2) is 18.3 Å². The summed E-state index contributed by atoms with van der Waals surface area (Å²) in [7, 11) is 1.52. The minimum Gasteiger partial charge on any atom is -0.480 e. The highest BCUT2D eigenvalue weighted by Gasteiger charge is 2.28. The van der Waals surface area contributed by atoms with Crippen LogP contribution in [-0.2, 0) is 0 Å². The maximum absolute atomic E-state index is 12.5. The first-order valence-corrected chi connectivity index (χ1v) is 6.67. The maximum Gasteiger partial charge on any atom is 0.259 e. The van der Waals surface area contributed by atoms with Gasteiger partial charge < -0.3 is 9.64 Å². The monoisotopic (exact) mass is 268 g/mol. The molecule has 1 aliphatic rings. The van der Waals surface area contributed by atoms with Gasteiger partial charge in [0.05, 0.1) is 7.11 Å². The smallest absolute Gasteiger partial charge is 0.259 e. The molecule has 0 saturated carbocycles. The summed E-state index contributed by atoms with van der Waals surface area (Å²) in [5.41, 5.74) is 0.511. The van der Waals surface area contributed by atoms with Gasteiger partial charge >= 0.3 is 0 Å². The second-order valence-corrected chi connectivity index (χ2v) is 4.67. The number of carbonyl (C=O) groups is 1. The zero-order valence-electron chi connectivity index (χ0n) is 10.4. The van der Waals surface area contributed by atoms with Gasteiger partial charge in [-0.05, 0) is 31.4 Å². The van der Waals surface area contributed by atoms with Crippen molar-refractivity contribution in [1.82, 2.24) is 9.88 Å². The number of aromatic nitrogens is 1. The number of methoxy groups -OCH3 is 1. The first-order chi connectivity index (χ1) is 8.77. The fourth-order valence-corrected chi connectivity index (χ4v) is 2.62. The van der Waals surface area contributed by atoms with E-state index in [-0.39, 0.29) is 11.9 Å². The van der Waals surface area contributed by atoms with Crippen molar-refractivity contribution in [2.24, 2.45) is 0 Å². The van der Waals surface area contributed by atoms with Crippen LogP contribution in [0.25, 0.3) is 0 Å². The summed E-state index contributed by atoms with van der Waals surface area (Å²) in [6.07, 6.45) is 4.75. The molecule has 1 saturated heterocycles. The van der Waals surface area contributed by atoms with Crippen molar-refractivity contribution in [2.75, 3.05) is 19.5 Å². The van der Waals surface area contributed by atoms with Crippen molar-refractivity contribution in [3.63, 3.8) is 0 Å². The van der Waals surface area contributed by atoms with Gasteiger partial charge in [0.15, 0.2) is 0 Å². The van der Waals surface area contributed by atoms with E-state index in [0.717, 1.165) is 25.8 Å².